The normalized spacial score (nSPS) is 23.7. The van der Waals surface area contributed by atoms with Gasteiger partial charge in [0.05, 0.1) is 6.54 Å². The first kappa shape index (κ1) is 23.4. The van der Waals surface area contributed by atoms with Crippen LogP contribution in [0.2, 0.25) is 0 Å². The molecule has 5 rings (SSSR count). The first-order valence-electron chi connectivity index (χ1n) is 12.5. The number of likely N-dealkylation sites (tertiary alicyclic amines) is 1. The SMILES string of the molecule is CC(=O)Nc1ccc(CN2C(=O)OC3(CCN(C(=O)C4CCC4)CC3)C2(C)c2ccccc2)cc1. The quantitative estimate of drug-likeness (QED) is 0.681. The van der Waals surface area contributed by atoms with Gasteiger partial charge in [-0.2, -0.15) is 0 Å². The molecule has 1 atom stereocenters. The standard InChI is InChI=1S/C28H33N3O4/c1-20(32)29-24-13-11-21(12-14-24)19-31-26(34)35-28(27(31,2)23-9-4-3-5-10-23)15-17-30(18-16-28)25(33)22-7-6-8-22/h3-5,9-14,22H,6-8,15-19H2,1-2H3,(H,29,32). The lowest BCUT2D eigenvalue weighted by molar-refractivity contribution is -0.144. The number of ether oxygens (including phenoxy) is 1. The fourth-order valence-corrected chi connectivity index (χ4v) is 5.82. The second-order valence-corrected chi connectivity index (χ2v) is 10.2. The second kappa shape index (κ2) is 9.02. The number of benzene rings is 2. The summed E-state index contributed by atoms with van der Waals surface area (Å²) in [5.74, 6) is 0.308. The summed E-state index contributed by atoms with van der Waals surface area (Å²) in [6.45, 7) is 5.16. The van der Waals surface area contributed by atoms with Crippen molar-refractivity contribution >= 4 is 23.6 Å². The van der Waals surface area contributed by atoms with Crippen LogP contribution in [0.25, 0.3) is 0 Å². The van der Waals surface area contributed by atoms with Crippen molar-refractivity contribution in [1.29, 1.82) is 0 Å². The Balaban J connectivity index is 1.42. The lowest BCUT2D eigenvalue weighted by atomic mass is 9.70. The van der Waals surface area contributed by atoms with E-state index in [4.69, 9.17) is 4.74 Å². The second-order valence-electron chi connectivity index (χ2n) is 10.2. The monoisotopic (exact) mass is 475 g/mol. The van der Waals surface area contributed by atoms with Crippen molar-refractivity contribution in [3.63, 3.8) is 0 Å². The third kappa shape index (κ3) is 4.07. The zero-order chi connectivity index (χ0) is 24.6. The van der Waals surface area contributed by atoms with Crippen molar-refractivity contribution in [2.45, 2.75) is 63.6 Å². The van der Waals surface area contributed by atoms with E-state index in [1.54, 1.807) is 0 Å². The number of piperidine rings is 1. The number of amides is 3. The third-order valence-corrected chi connectivity index (χ3v) is 8.22. The number of carbonyl (C=O) groups is 3. The van der Waals surface area contributed by atoms with Gasteiger partial charge in [0.25, 0.3) is 0 Å². The molecule has 7 heteroatoms. The Hall–Kier alpha value is -3.35. The van der Waals surface area contributed by atoms with Gasteiger partial charge in [0.1, 0.15) is 11.1 Å². The fraction of sp³-hybridized carbons (Fsp3) is 0.464. The van der Waals surface area contributed by atoms with Crippen LogP contribution in [0.15, 0.2) is 54.6 Å². The molecule has 2 aromatic carbocycles. The molecule has 1 aliphatic carbocycles. The molecule has 2 aromatic rings. The van der Waals surface area contributed by atoms with E-state index in [0.717, 1.165) is 36.1 Å². The number of carbonyl (C=O) groups excluding carboxylic acids is 3. The minimum absolute atomic E-state index is 0.124. The number of anilines is 1. The molecular formula is C28H33N3O4. The summed E-state index contributed by atoms with van der Waals surface area (Å²) in [7, 11) is 0. The Bertz CT molecular complexity index is 1100. The van der Waals surface area contributed by atoms with Crippen molar-refractivity contribution in [1.82, 2.24) is 9.80 Å². The van der Waals surface area contributed by atoms with E-state index in [1.165, 1.54) is 6.92 Å². The number of hydrogen-bond acceptors (Lipinski definition) is 4. The maximum absolute atomic E-state index is 13.4. The van der Waals surface area contributed by atoms with Crippen LogP contribution in [0.4, 0.5) is 10.5 Å². The van der Waals surface area contributed by atoms with E-state index >= 15 is 0 Å². The van der Waals surface area contributed by atoms with E-state index in [2.05, 4.69) is 24.4 Å². The summed E-state index contributed by atoms with van der Waals surface area (Å²) in [5, 5.41) is 2.78. The van der Waals surface area contributed by atoms with Crippen molar-refractivity contribution < 1.29 is 19.1 Å². The Morgan fingerprint density at radius 1 is 1.03 bits per heavy atom. The summed E-state index contributed by atoms with van der Waals surface area (Å²) in [6, 6.07) is 17.6. The van der Waals surface area contributed by atoms with Crippen LogP contribution in [-0.2, 0) is 26.4 Å². The minimum atomic E-state index is -0.710. The Morgan fingerprint density at radius 3 is 2.26 bits per heavy atom. The highest BCUT2D eigenvalue weighted by Crippen LogP contribution is 2.52. The van der Waals surface area contributed by atoms with Crippen LogP contribution in [0.3, 0.4) is 0 Å². The van der Waals surface area contributed by atoms with Crippen LogP contribution in [-0.4, -0.2) is 46.4 Å². The van der Waals surface area contributed by atoms with Crippen LogP contribution in [0.1, 0.15) is 57.1 Å². The van der Waals surface area contributed by atoms with Crippen molar-refractivity contribution in [3.8, 4) is 0 Å². The molecule has 7 nitrogen and oxygen atoms in total. The number of nitrogens with zero attached hydrogens (tertiary/aromatic N) is 2. The van der Waals surface area contributed by atoms with E-state index in [0.29, 0.717) is 32.5 Å². The number of rotatable bonds is 5. The van der Waals surface area contributed by atoms with Crippen LogP contribution in [0, 0.1) is 5.92 Å². The first-order chi connectivity index (χ1) is 16.8. The molecule has 3 aliphatic rings. The average molecular weight is 476 g/mol. The largest absolute Gasteiger partial charge is 0.440 e. The molecule has 1 N–H and O–H groups in total. The molecule has 1 saturated carbocycles. The van der Waals surface area contributed by atoms with Gasteiger partial charge in [-0.1, -0.05) is 48.9 Å². The van der Waals surface area contributed by atoms with E-state index in [1.807, 2.05) is 52.3 Å². The molecular weight excluding hydrogens is 442 g/mol. The van der Waals surface area contributed by atoms with Gasteiger partial charge in [0, 0.05) is 44.5 Å². The van der Waals surface area contributed by atoms with Crippen molar-refractivity contribution in [2.75, 3.05) is 18.4 Å². The highest BCUT2D eigenvalue weighted by atomic mass is 16.6. The Labute approximate surface area is 206 Å². The Morgan fingerprint density at radius 2 is 1.69 bits per heavy atom. The summed E-state index contributed by atoms with van der Waals surface area (Å²) < 4.78 is 6.24. The molecule has 0 aromatic heterocycles. The molecule has 1 spiro atoms. The first-order valence-corrected chi connectivity index (χ1v) is 12.5. The van der Waals surface area contributed by atoms with Gasteiger partial charge < -0.3 is 15.0 Å². The van der Waals surface area contributed by atoms with Crippen LogP contribution >= 0.6 is 0 Å². The summed E-state index contributed by atoms with van der Waals surface area (Å²) in [4.78, 5) is 41.4. The topological polar surface area (TPSA) is 79.0 Å². The van der Waals surface area contributed by atoms with Gasteiger partial charge in [-0.15, -0.1) is 0 Å². The molecule has 1 unspecified atom stereocenters. The fourth-order valence-electron chi connectivity index (χ4n) is 5.82. The van der Waals surface area contributed by atoms with Gasteiger partial charge in [-0.3, -0.25) is 14.5 Å². The zero-order valence-electron chi connectivity index (χ0n) is 20.5. The lowest BCUT2D eigenvalue weighted by Gasteiger charge is -2.49. The molecule has 2 aliphatic heterocycles. The molecule has 35 heavy (non-hydrogen) atoms. The third-order valence-electron chi connectivity index (χ3n) is 8.22. The molecule has 0 radical (unpaired) electrons. The van der Waals surface area contributed by atoms with E-state index in [9.17, 15) is 14.4 Å². The van der Waals surface area contributed by atoms with Crippen molar-refractivity contribution in [2.24, 2.45) is 5.92 Å². The molecule has 2 heterocycles. The van der Waals surface area contributed by atoms with Gasteiger partial charge >= 0.3 is 6.09 Å². The molecule has 0 bridgehead atoms. The van der Waals surface area contributed by atoms with Crippen LogP contribution in [0.5, 0.6) is 0 Å². The average Bonchev–Trinajstić information content (AvgIpc) is 3.01. The highest BCUT2D eigenvalue weighted by molar-refractivity contribution is 5.88. The predicted molar refractivity (Wildman–Crippen MR) is 132 cm³/mol. The summed E-state index contributed by atoms with van der Waals surface area (Å²) >= 11 is 0. The molecule has 3 fully saturated rings. The summed E-state index contributed by atoms with van der Waals surface area (Å²) in [6.07, 6.45) is 4.01. The smallest absolute Gasteiger partial charge is 0.411 e. The minimum Gasteiger partial charge on any atom is -0.440 e. The summed E-state index contributed by atoms with van der Waals surface area (Å²) in [5.41, 5.74) is 1.30. The zero-order valence-corrected chi connectivity index (χ0v) is 20.5. The molecule has 3 amide bonds. The number of nitrogens with one attached hydrogen (secondary N) is 1. The van der Waals surface area contributed by atoms with Gasteiger partial charge in [-0.05, 0) is 43.0 Å². The lowest BCUT2D eigenvalue weighted by Crippen LogP contribution is -2.59. The predicted octanol–water partition coefficient (Wildman–Crippen LogP) is 4.67. The maximum atomic E-state index is 13.4. The van der Waals surface area contributed by atoms with E-state index in [-0.39, 0.29) is 23.8 Å². The molecule has 2 saturated heterocycles. The van der Waals surface area contributed by atoms with Gasteiger partial charge in [0.15, 0.2) is 0 Å². The van der Waals surface area contributed by atoms with Crippen molar-refractivity contribution in [3.05, 3.63) is 65.7 Å². The van der Waals surface area contributed by atoms with Crippen LogP contribution < -0.4 is 5.32 Å². The van der Waals surface area contributed by atoms with Gasteiger partial charge in [0.2, 0.25) is 11.8 Å². The van der Waals surface area contributed by atoms with E-state index < -0.39 is 11.1 Å². The maximum Gasteiger partial charge on any atom is 0.411 e. The van der Waals surface area contributed by atoms with Gasteiger partial charge in [-0.25, -0.2) is 4.79 Å². The Kier molecular flexibility index (Phi) is 6.03. The number of hydrogen-bond donors (Lipinski definition) is 1. The molecule has 184 valence electrons. The highest BCUT2D eigenvalue weighted by Gasteiger charge is 2.63.